The van der Waals surface area contributed by atoms with E-state index in [-0.39, 0.29) is 19.1 Å². The summed E-state index contributed by atoms with van der Waals surface area (Å²) in [6, 6.07) is 0. The van der Waals surface area contributed by atoms with Gasteiger partial charge in [-0.3, -0.25) is 4.79 Å². The van der Waals surface area contributed by atoms with E-state index in [4.69, 9.17) is 10.8 Å². The van der Waals surface area contributed by atoms with E-state index in [1.54, 1.807) is 11.5 Å². The molecule has 0 saturated carbocycles. The molecular formula is C9H13N3O2S. The molecule has 0 bridgehead atoms. The summed E-state index contributed by atoms with van der Waals surface area (Å²) in [5, 5.41) is 10.8. The van der Waals surface area contributed by atoms with Gasteiger partial charge < -0.3 is 15.7 Å². The number of nitrogens with zero attached hydrogens (tertiary/aromatic N) is 2. The van der Waals surface area contributed by atoms with Gasteiger partial charge in [0.15, 0.2) is 5.13 Å². The number of amides is 1. The lowest BCUT2D eigenvalue weighted by Gasteiger charge is -2.18. The maximum absolute atomic E-state index is 11.8. The Hall–Kier alpha value is -1.40. The second-order valence-corrected chi connectivity index (χ2v) is 3.72. The summed E-state index contributed by atoms with van der Waals surface area (Å²) in [5.41, 5.74) is 5.74. The normalized spacial score (nSPS) is 9.93. The van der Waals surface area contributed by atoms with Crippen LogP contribution in [0, 0.1) is 0 Å². The van der Waals surface area contributed by atoms with Crippen molar-refractivity contribution in [1.29, 1.82) is 0 Å². The minimum absolute atomic E-state index is 0.0841. The Morgan fingerprint density at radius 2 is 2.53 bits per heavy atom. The number of anilines is 1. The molecule has 0 atom stereocenters. The summed E-state index contributed by atoms with van der Waals surface area (Å²) in [6.07, 6.45) is 1.60. The average Bonchev–Trinajstić information content (AvgIpc) is 2.63. The van der Waals surface area contributed by atoms with Gasteiger partial charge in [-0.2, -0.15) is 0 Å². The highest BCUT2D eigenvalue weighted by molar-refractivity contribution is 7.13. The molecule has 0 saturated heterocycles. The molecule has 3 N–H and O–H groups in total. The third-order valence-electron chi connectivity index (χ3n) is 1.75. The van der Waals surface area contributed by atoms with Crippen molar-refractivity contribution in [2.45, 2.75) is 0 Å². The standard InChI is InChI=1S/C9H13N3O2S/c1-2-3-12(4-5-13)8(14)7-6-15-9(10)11-7/h2,6,13H,1,3-5H2,(H2,10,11). The minimum atomic E-state index is -0.239. The number of hydrogen-bond donors (Lipinski definition) is 2. The molecule has 1 amide bonds. The summed E-state index contributed by atoms with van der Waals surface area (Å²) in [5.74, 6) is -0.239. The third-order valence-corrected chi connectivity index (χ3v) is 2.42. The van der Waals surface area contributed by atoms with Gasteiger partial charge in [0, 0.05) is 18.5 Å². The van der Waals surface area contributed by atoms with E-state index in [1.165, 1.54) is 16.2 Å². The van der Waals surface area contributed by atoms with E-state index in [2.05, 4.69) is 11.6 Å². The number of aliphatic hydroxyl groups excluding tert-OH is 1. The van der Waals surface area contributed by atoms with Crippen LogP contribution in [0.2, 0.25) is 0 Å². The Balaban J connectivity index is 2.75. The molecule has 0 aliphatic rings. The molecule has 0 aromatic carbocycles. The molecule has 1 heterocycles. The topological polar surface area (TPSA) is 79.5 Å². The number of aromatic nitrogens is 1. The van der Waals surface area contributed by atoms with Crippen molar-refractivity contribution in [2.75, 3.05) is 25.4 Å². The van der Waals surface area contributed by atoms with Gasteiger partial charge in [-0.15, -0.1) is 17.9 Å². The highest BCUT2D eigenvalue weighted by Gasteiger charge is 2.16. The first kappa shape index (κ1) is 11.7. The van der Waals surface area contributed by atoms with Crippen molar-refractivity contribution >= 4 is 22.4 Å². The summed E-state index contributed by atoms with van der Waals surface area (Å²) >= 11 is 1.22. The van der Waals surface area contributed by atoms with E-state index in [9.17, 15) is 4.79 Å². The molecule has 0 spiro atoms. The Kier molecular flexibility index (Phi) is 4.26. The molecule has 5 nitrogen and oxygen atoms in total. The number of thiazole rings is 1. The molecule has 0 unspecified atom stereocenters. The monoisotopic (exact) mass is 227 g/mol. The highest BCUT2D eigenvalue weighted by Crippen LogP contribution is 2.12. The molecule has 6 heteroatoms. The molecule has 0 aliphatic carbocycles. The Labute approximate surface area is 91.8 Å². The average molecular weight is 227 g/mol. The smallest absolute Gasteiger partial charge is 0.273 e. The maximum atomic E-state index is 11.8. The van der Waals surface area contributed by atoms with Crippen LogP contribution in [0.3, 0.4) is 0 Å². The molecule has 82 valence electrons. The number of hydrogen-bond acceptors (Lipinski definition) is 5. The first-order valence-corrected chi connectivity index (χ1v) is 5.29. The van der Waals surface area contributed by atoms with Crippen molar-refractivity contribution < 1.29 is 9.90 Å². The lowest BCUT2D eigenvalue weighted by Crippen LogP contribution is -2.33. The van der Waals surface area contributed by atoms with Gasteiger partial charge in [0.2, 0.25) is 0 Å². The molecule has 1 aromatic heterocycles. The van der Waals surface area contributed by atoms with Crippen molar-refractivity contribution in [3.05, 3.63) is 23.7 Å². The van der Waals surface area contributed by atoms with Crippen LogP contribution in [0.15, 0.2) is 18.0 Å². The zero-order chi connectivity index (χ0) is 11.3. The van der Waals surface area contributed by atoms with Crippen LogP contribution < -0.4 is 5.73 Å². The third kappa shape index (κ3) is 3.03. The molecule has 1 rings (SSSR count). The predicted octanol–water partition coefficient (Wildman–Crippen LogP) is 0.346. The largest absolute Gasteiger partial charge is 0.395 e. The number of nitrogen functional groups attached to an aromatic ring is 1. The molecule has 0 radical (unpaired) electrons. The van der Waals surface area contributed by atoms with E-state index < -0.39 is 0 Å². The van der Waals surface area contributed by atoms with Gasteiger partial charge in [-0.1, -0.05) is 6.08 Å². The minimum Gasteiger partial charge on any atom is -0.395 e. The van der Waals surface area contributed by atoms with Crippen LogP contribution in [-0.2, 0) is 0 Å². The molecular weight excluding hydrogens is 214 g/mol. The van der Waals surface area contributed by atoms with Crippen molar-refractivity contribution in [3.63, 3.8) is 0 Å². The van der Waals surface area contributed by atoms with Gasteiger partial charge in [0.1, 0.15) is 5.69 Å². The van der Waals surface area contributed by atoms with Crippen LogP contribution in [-0.4, -0.2) is 40.6 Å². The fourth-order valence-electron chi connectivity index (χ4n) is 1.10. The van der Waals surface area contributed by atoms with Crippen LogP contribution in [0.25, 0.3) is 0 Å². The fourth-order valence-corrected chi connectivity index (χ4v) is 1.64. The second kappa shape index (κ2) is 5.47. The zero-order valence-corrected chi connectivity index (χ0v) is 9.04. The summed E-state index contributed by atoms with van der Waals surface area (Å²) < 4.78 is 0. The number of nitrogens with two attached hydrogens (primary N) is 1. The SMILES string of the molecule is C=CCN(CCO)C(=O)c1csc(N)n1. The first-order chi connectivity index (χ1) is 7.19. The highest BCUT2D eigenvalue weighted by atomic mass is 32.1. The molecule has 1 aromatic rings. The Morgan fingerprint density at radius 3 is 3.00 bits per heavy atom. The summed E-state index contributed by atoms with van der Waals surface area (Å²) in [7, 11) is 0. The number of carbonyl (C=O) groups is 1. The van der Waals surface area contributed by atoms with Gasteiger partial charge in [-0.05, 0) is 0 Å². The Morgan fingerprint density at radius 1 is 1.80 bits per heavy atom. The first-order valence-electron chi connectivity index (χ1n) is 4.41. The second-order valence-electron chi connectivity index (χ2n) is 2.83. The molecule has 0 fully saturated rings. The molecule has 15 heavy (non-hydrogen) atoms. The van der Waals surface area contributed by atoms with Crippen LogP contribution in [0.5, 0.6) is 0 Å². The number of rotatable bonds is 5. The van der Waals surface area contributed by atoms with Gasteiger partial charge >= 0.3 is 0 Å². The lowest BCUT2D eigenvalue weighted by atomic mass is 10.3. The summed E-state index contributed by atoms with van der Waals surface area (Å²) in [4.78, 5) is 17.1. The quantitative estimate of drug-likeness (QED) is 0.711. The maximum Gasteiger partial charge on any atom is 0.273 e. The molecule has 0 aliphatic heterocycles. The lowest BCUT2D eigenvalue weighted by molar-refractivity contribution is 0.0738. The van der Waals surface area contributed by atoms with Gasteiger partial charge in [-0.25, -0.2) is 4.98 Å². The van der Waals surface area contributed by atoms with Crippen molar-refractivity contribution in [1.82, 2.24) is 9.88 Å². The number of carbonyl (C=O) groups excluding carboxylic acids is 1. The van der Waals surface area contributed by atoms with Gasteiger partial charge in [0.25, 0.3) is 5.91 Å². The van der Waals surface area contributed by atoms with Crippen LogP contribution in [0.1, 0.15) is 10.5 Å². The van der Waals surface area contributed by atoms with Crippen LogP contribution >= 0.6 is 11.3 Å². The van der Waals surface area contributed by atoms with E-state index in [0.29, 0.717) is 17.4 Å². The zero-order valence-electron chi connectivity index (χ0n) is 8.22. The van der Waals surface area contributed by atoms with E-state index in [0.717, 1.165) is 0 Å². The summed E-state index contributed by atoms with van der Waals surface area (Å²) in [6.45, 7) is 4.11. The van der Waals surface area contributed by atoms with E-state index in [1.807, 2.05) is 0 Å². The fraction of sp³-hybridized carbons (Fsp3) is 0.333. The number of aliphatic hydroxyl groups is 1. The van der Waals surface area contributed by atoms with Crippen LogP contribution in [0.4, 0.5) is 5.13 Å². The van der Waals surface area contributed by atoms with Crippen molar-refractivity contribution in [3.8, 4) is 0 Å². The van der Waals surface area contributed by atoms with E-state index >= 15 is 0 Å². The Bertz CT molecular complexity index is 351. The predicted molar refractivity (Wildman–Crippen MR) is 59.7 cm³/mol. The van der Waals surface area contributed by atoms with Crippen molar-refractivity contribution in [2.24, 2.45) is 0 Å². The van der Waals surface area contributed by atoms with Gasteiger partial charge in [0.05, 0.1) is 6.61 Å².